The van der Waals surface area contributed by atoms with Crippen LogP contribution in [-0.4, -0.2) is 46.5 Å². The molecule has 1 aromatic carbocycles. The highest BCUT2D eigenvalue weighted by molar-refractivity contribution is 5.91. The van der Waals surface area contributed by atoms with Gasteiger partial charge < -0.3 is 9.42 Å². The van der Waals surface area contributed by atoms with Crippen LogP contribution >= 0.6 is 0 Å². The number of halogens is 1. The highest BCUT2D eigenvalue weighted by Gasteiger charge is 2.31. The minimum Gasteiger partial charge on any atom is -0.351 e. The first-order valence-corrected chi connectivity index (χ1v) is 9.71. The number of nitrogens with zero attached hydrogens (tertiary/aromatic N) is 3. The largest absolute Gasteiger partial charge is 0.351 e. The zero-order valence-corrected chi connectivity index (χ0v) is 16.3. The van der Waals surface area contributed by atoms with Crippen LogP contribution in [0.5, 0.6) is 0 Å². The zero-order valence-electron chi connectivity index (χ0n) is 16.3. The second-order valence-electron chi connectivity index (χ2n) is 7.55. The molecule has 1 fully saturated rings. The fraction of sp³-hybridized carbons (Fsp3) is 0.524. The van der Waals surface area contributed by atoms with E-state index in [4.69, 9.17) is 4.52 Å². The SMILES string of the molecule is CCc1cc(C(=O)N2CCCN(Cc3ccc(F)cc3)C(C(C)C)C2)on1. The van der Waals surface area contributed by atoms with Crippen LogP contribution in [0.4, 0.5) is 4.39 Å². The van der Waals surface area contributed by atoms with Gasteiger partial charge in [0, 0.05) is 38.3 Å². The number of amides is 1. The van der Waals surface area contributed by atoms with E-state index in [1.54, 1.807) is 6.07 Å². The van der Waals surface area contributed by atoms with Crippen LogP contribution in [0.25, 0.3) is 0 Å². The molecular weight excluding hydrogens is 345 g/mol. The molecule has 1 aliphatic rings. The maximum atomic E-state index is 13.2. The van der Waals surface area contributed by atoms with E-state index >= 15 is 0 Å². The summed E-state index contributed by atoms with van der Waals surface area (Å²) in [6, 6.07) is 8.65. The van der Waals surface area contributed by atoms with Gasteiger partial charge in [-0.05, 0) is 36.5 Å². The molecule has 5 nitrogen and oxygen atoms in total. The van der Waals surface area contributed by atoms with Crippen molar-refractivity contribution in [2.24, 2.45) is 5.92 Å². The molecule has 146 valence electrons. The van der Waals surface area contributed by atoms with Gasteiger partial charge in [0.2, 0.25) is 5.76 Å². The van der Waals surface area contributed by atoms with E-state index in [9.17, 15) is 9.18 Å². The van der Waals surface area contributed by atoms with Gasteiger partial charge in [0.25, 0.3) is 5.91 Å². The van der Waals surface area contributed by atoms with Gasteiger partial charge in [0.1, 0.15) is 5.82 Å². The van der Waals surface area contributed by atoms with E-state index < -0.39 is 0 Å². The minimum absolute atomic E-state index is 0.0866. The summed E-state index contributed by atoms with van der Waals surface area (Å²) in [7, 11) is 0. The van der Waals surface area contributed by atoms with E-state index in [2.05, 4.69) is 23.9 Å². The molecule has 1 atom stereocenters. The fourth-order valence-corrected chi connectivity index (χ4v) is 3.64. The van der Waals surface area contributed by atoms with Crippen molar-refractivity contribution in [3.8, 4) is 0 Å². The quantitative estimate of drug-likeness (QED) is 0.801. The van der Waals surface area contributed by atoms with Crippen LogP contribution < -0.4 is 0 Å². The van der Waals surface area contributed by atoms with Gasteiger partial charge in [-0.1, -0.05) is 38.1 Å². The molecule has 6 heteroatoms. The summed E-state index contributed by atoms with van der Waals surface area (Å²) in [4.78, 5) is 17.2. The van der Waals surface area contributed by atoms with Crippen LogP contribution in [-0.2, 0) is 13.0 Å². The standard InChI is InChI=1S/C21H28FN3O2/c1-4-18-12-20(27-23-18)21(26)25-11-5-10-24(19(14-25)15(2)3)13-16-6-8-17(22)9-7-16/h6-9,12,15,19H,4-5,10-11,13-14H2,1-3H3. The van der Waals surface area contributed by atoms with Crippen molar-refractivity contribution in [1.29, 1.82) is 0 Å². The zero-order chi connectivity index (χ0) is 19.4. The van der Waals surface area contributed by atoms with Gasteiger partial charge in [0.05, 0.1) is 5.69 Å². The lowest BCUT2D eigenvalue weighted by Crippen LogP contribution is -2.45. The maximum absolute atomic E-state index is 13.2. The Bertz CT molecular complexity index is 757. The van der Waals surface area contributed by atoms with Gasteiger partial charge in [-0.25, -0.2) is 4.39 Å². The maximum Gasteiger partial charge on any atom is 0.292 e. The molecule has 0 radical (unpaired) electrons. The van der Waals surface area contributed by atoms with Crippen LogP contribution in [0.15, 0.2) is 34.9 Å². The smallest absolute Gasteiger partial charge is 0.292 e. The average molecular weight is 373 g/mol. The Kier molecular flexibility index (Phi) is 6.26. The van der Waals surface area contributed by atoms with Crippen molar-refractivity contribution < 1.29 is 13.7 Å². The lowest BCUT2D eigenvalue weighted by molar-refractivity contribution is 0.0662. The van der Waals surface area contributed by atoms with Crippen molar-refractivity contribution in [2.75, 3.05) is 19.6 Å². The molecule has 0 spiro atoms. The Hall–Kier alpha value is -2.21. The summed E-state index contributed by atoms with van der Waals surface area (Å²) >= 11 is 0. The normalized spacial score (nSPS) is 18.7. The Morgan fingerprint density at radius 2 is 2.04 bits per heavy atom. The first-order chi connectivity index (χ1) is 13.0. The first kappa shape index (κ1) is 19.5. The highest BCUT2D eigenvalue weighted by atomic mass is 19.1. The predicted octanol–water partition coefficient (Wildman–Crippen LogP) is 3.75. The number of hydrogen-bond donors (Lipinski definition) is 0. The number of benzene rings is 1. The Morgan fingerprint density at radius 1 is 1.30 bits per heavy atom. The average Bonchev–Trinajstić information content (AvgIpc) is 3.04. The molecule has 2 heterocycles. The molecule has 0 bridgehead atoms. The molecule has 3 rings (SSSR count). The van der Waals surface area contributed by atoms with Gasteiger partial charge >= 0.3 is 0 Å². The van der Waals surface area contributed by atoms with Crippen molar-refractivity contribution in [1.82, 2.24) is 15.0 Å². The number of carbonyl (C=O) groups is 1. The van der Waals surface area contributed by atoms with Crippen LogP contribution in [0.2, 0.25) is 0 Å². The number of aryl methyl sites for hydroxylation is 1. The molecule has 27 heavy (non-hydrogen) atoms. The lowest BCUT2D eigenvalue weighted by atomic mass is 10.0. The van der Waals surface area contributed by atoms with E-state index in [-0.39, 0.29) is 17.8 Å². The third-order valence-corrected chi connectivity index (χ3v) is 5.24. The van der Waals surface area contributed by atoms with E-state index in [1.165, 1.54) is 12.1 Å². The van der Waals surface area contributed by atoms with Crippen molar-refractivity contribution in [2.45, 2.75) is 46.2 Å². The van der Waals surface area contributed by atoms with Crippen LogP contribution in [0.1, 0.15) is 49.0 Å². The summed E-state index contributed by atoms with van der Waals surface area (Å²) in [5, 5.41) is 3.94. The van der Waals surface area contributed by atoms with Gasteiger partial charge in [0.15, 0.2) is 0 Å². The van der Waals surface area contributed by atoms with Crippen LogP contribution in [0, 0.1) is 11.7 Å². The molecule has 1 aliphatic heterocycles. The number of aromatic nitrogens is 1. The number of hydrogen-bond acceptors (Lipinski definition) is 4. The van der Waals surface area contributed by atoms with E-state index in [0.29, 0.717) is 24.8 Å². The number of carbonyl (C=O) groups excluding carboxylic acids is 1. The first-order valence-electron chi connectivity index (χ1n) is 9.71. The molecule has 2 aromatic rings. The molecule has 1 saturated heterocycles. The molecule has 1 amide bonds. The lowest BCUT2D eigenvalue weighted by Gasteiger charge is -2.34. The Morgan fingerprint density at radius 3 is 2.67 bits per heavy atom. The van der Waals surface area contributed by atoms with Crippen molar-refractivity contribution in [3.63, 3.8) is 0 Å². The molecule has 1 aromatic heterocycles. The number of rotatable bonds is 5. The molecule has 1 unspecified atom stereocenters. The minimum atomic E-state index is -0.217. The monoisotopic (exact) mass is 373 g/mol. The molecule has 0 aliphatic carbocycles. The summed E-state index contributed by atoms with van der Waals surface area (Å²) in [6.07, 6.45) is 1.64. The van der Waals surface area contributed by atoms with Gasteiger partial charge in [-0.15, -0.1) is 0 Å². The van der Waals surface area contributed by atoms with E-state index in [0.717, 1.165) is 37.2 Å². The van der Waals surface area contributed by atoms with Gasteiger partial charge in [-0.3, -0.25) is 9.69 Å². The van der Waals surface area contributed by atoms with Crippen molar-refractivity contribution >= 4 is 5.91 Å². The fourth-order valence-electron chi connectivity index (χ4n) is 3.64. The third kappa shape index (κ3) is 4.75. The van der Waals surface area contributed by atoms with Crippen molar-refractivity contribution in [3.05, 3.63) is 53.2 Å². The summed E-state index contributed by atoms with van der Waals surface area (Å²) < 4.78 is 18.4. The molecular formula is C21H28FN3O2. The molecule has 0 saturated carbocycles. The topological polar surface area (TPSA) is 49.6 Å². The van der Waals surface area contributed by atoms with Crippen LogP contribution in [0.3, 0.4) is 0 Å². The second kappa shape index (κ2) is 8.65. The summed E-state index contributed by atoms with van der Waals surface area (Å²) in [5.74, 6) is 0.405. The van der Waals surface area contributed by atoms with Gasteiger partial charge in [-0.2, -0.15) is 0 Å². The second-order valence-corrected chi connectivity index (χ2v) is 7.55. The van der Waals surface area contributed by atoms with E-state index in [1.807, 2.05) is 24.0 Å². The molecule has 0 N–H and O–H groups in total. The summed E-state index contributed by atoms with van der Waals surface area (Å²) in [6.45, 7) is 9.36. The third-order valence-electron chi connectivity index (χ3n) is 5.24. The summed E-state index contributed by atoms with van der Waals surface area (Å²) in [5.41, 5.74) is 1.89. The predicted molar refractivity (Wildman–Crippen MR) is 102 cm³/mol. The Balaban J connectivity index is 1.74. The highest BCUT2D eigenvalue weighted by Crippen LogP contribution is 2.21. The Labute approximate surface area is 160 Å².